The fraction of sp³-hybridized carbons (Fsp3) is 0.375. The monoisotopic (exact) mass is 294 g/mol. The summed E-state index contributed by atoms with van der Waals surface area (Å²) in [5, 5.41) is 0. The highest BCUT2D eigenvalue weighted by molar-refractivity contribution is 5.54. The normalized spacial score (nSPS) is 10.9. The van der Waals surface area contributed by atoms with E-state index in [0.29, 0.717) is 0 Å². The van der Waals surface area contributed by atoms with Gasteiger partial charge in [-0.3, -0.25) is 0 Å². The van der Waals surface area contributed by atoms with E-state index in [-0.39, 0.29) is 11.4 Å². The lowest BCUT2D eigenvalue weighted by Gasteiger charge is -2.04. The first-order chi connectivity index (χ1) is 10.1. The first-order valence-electron chi connectivity index (χ1n) is 7.07. The van der Waals surface area contributed by atoms with E-state index in [9.17, 15) is 13.2 Å². The minimum absolute atomic E-state index is 0.129. The number of hydrogen-bond donors (Lipinski definition) is 0. The molecule has 0 aliphatic carbocycles. The molecule has 0 amide bonds. The van der Waals surface area contributed by atoms with Crippen molar-refractivity contribution in [2.45, 2.75) is 39.0 Å². The van der Waals surface area contributed by atoms with Gasteiger partial charge in [0.15, 0.2) is 23.3 Å². The highest BCUT2D eigenvalue weighted by Crippen LogP contribution is 2.20. The number of hydrogen-bond acceptors (Lipinski definition) is 2. The Morgan fingerprint density at radius 3 is 2.10 bits per heavy atom. The Morgan fingerprint density at radius 2 is 1.52 bits per heavy atom. The predicted molar refractivity (Wildman–Crippen MR) is 75.2 cm³/mol. The highest BCUT2D eigenvalue weighted by Gasteiger charge is 2.12. The lowest BCUT2D eigenvalue weighted by Crippen LogP contribution is -1.96. The Kier molecular flexibility index (Phi) is 5.31. The van der Waals surface area contributed by atoms with Crippen molar-refractivity contribution in [1.82, 2.24) is 9.97 Å². The third kappa shape index (κ3) is 4.03. The van der Waals surface area contributed by atoms with Crippen LogP contribution >= 0.6 is 0 Å². The van der Waals surface area contributed by atoms with E-state index in [0.717, 1.165) is 37.0 Å². The van der Waals surface area contributed by atoms with Gasteiger partial charge in [-0.1, -0.05) is 26.2 Å². The van der Waals surface area contributed by atoms with Crippen molar-refractivity contribution in [2.75, 3.05) is 0 Å². The molecule has 0 saturated carbocycles. The fourth-order valence-corrected chi connectivity index (χ4v) is 2.07. The molecular weight excluding hydrogens is 277 g/mol. The zero-order valence-electron chi connectivity index (χ0n) is 11.9. The Balaban J connectivity index is 2.08. The van der Waals surface area contributed by atoms with Gasteiger partial charge >= 0.3 is 0 Å². The van der Waals surface area contributed by atoms with Crippen LogP contribution in [-0.2, 0) is 6.42 Å². The summed E-state index contributed by atoms with van der Waals surface area (Å²) in [6.45, 7) is 2.15. The maximum absolute atomic E-state index is 13.2. The zero-order valence-corrected chi connectivity index (χ0v) is 11.9. The molecule has 21 heavy (non-hydrogen) atoms. The molecule has 0 unspecified atom stereocenters. The number of unbranched alkanes of at least 4 members (excludes halogenated alkanes) is 3. The quantitative estimate of drug-likeness (QED) is 0.571. The number of aryl methyl sites for hydroxylation is 1. The summed E-state index contributed by atoms with van der Waals surface area (Å²) in [5.41, 5.74) is 1.11. The number of rotatable bonds is 6. The van der Waals surface area contributed by atoms with Gasteiger partial charge < -0.3 is 0 Å². The Bertz CT molecular complexity index is 574. The minimum atomic E-state index is -1.48. The van der Waals surface area contributed by atoms with Crippen molar-refractivity contribution in [2.24, 2.45) is 0 Å². The summed E-state index contributed by atoms with van der Waals surface area (Å²) in [6.07, 6.45) is 8.78. The second-order valence-corrected chi connectivity index (χ2v) is 4.98. The molecule has 2 rings (SSSR count). The largest absolute Gasteiger partial charge is 0.236 e. The van der Waals surface area contributed by atoms with Crippen LogP contribution in [0.25, 0.3) is 11.4 Å². The van der Waals surface area contributed by atoms with Crippen LogP contribution in [-0.4, -0.2) is 9.97 Å². The summed E-state index contributed by atoms with van der Waals surface area (Å²) in [5.74, 6) is -3.77. The molecule has 2 nitrogen and oxygen atoms in total. The van der Waals surface area contributed by atoms with E-state index in [1.54, 1.807) is 12.4 Å². The molecule has 0 spiro atoms. The molecule has 0 aliphatic rings. The third-order valence-corrected chi connectivity index (χ3v) is 3.27. The molecule has 2 aromatic rings. The van der Waals surface area contributed by atoms with Gasteiger partial charge in [0.25, 0.3) is 0 Å². The van der Waals surface area contributed by atoms with Gasteiger partial charge in [-0.15, -0.1) is 0 Å². The molecule has 0 saturated heterocycles. The summed E-state index contributed by atoms with van der Waals surface area (Å²) in [6, 6.07) is 1.79. The highest BCUT2D eigenvalue weighted by atomic mass is 19.2. The molecule has 1 aromatic carbocycles. The molecule has 112 valence electrons. The number of aromatic nitrogens is 2. The van der Waals surface area contributed by atoms with Crippen molar-refractivity contribution < 1.29 is 13.2 Å². The molecule has 0 N–H and O–H groups in total. The Morgan fingerprint density at radius 1 is 0.905 bits per heavy atom. The van der Waals surface area contributed by atoms with Crippen LogP contribution < -0.4 is 0 Å². The number of nitrogens with zero attached hydrogens (tertiary/aromatic N) is 2. The van der Waals surface area contributed by atoms with Gasteiger partial charge in [-0.2, -0.15) is 0 Å². The fourth-order valence-electron chi connectivity index (χ4n) is 2.07. The molecule has 1 aromatic heterocycles. The second kappa shape index (κ2) is 7.20. The first kappa shape index (κ1) is 15.5. The maximum atomic E-state index is 13.2. The predicted octanol–water partition coefficient (Wildman–Crippen LogP) is 4.68. The van der Waals surface area contributed by atoms with E-state index >= 15 is 0 Å². The lowest BCUT2D eigenvalue weighted by molar-refractivity contribution is 0.447. The van der Waals surface area contributed by atoms with Crippen molar-refractivity contribution in [1.29, 1.82) is 0 Å². The molecule has 5 heteroatoms. The van der Waals surface area contributed by atoms with Crippen LogP contribution in [0.2, 0.25) is 0 Å². The molecular formula is C16H17F3N2. The van der Waals surface area contributed by atoms with Gasteiger partial charge in [0.2, 0.25) is 0 Å². The van der Waals surface area contributed by atoms with Crippen LogP contribution in [0.4, 0.5) is 13.2 Å². The van der Waals surface area contributed by atoms with Crippen LogP contribution in [0.15, 0.2) is 24.5 Å². The average Bonchev–Trinajstić information content (AvgIpc) is 2.49. The average molecular weight is 294 g/mol. The molecule has 0 atom stereocenters. The molecule has 1 heterocycles. The summed E-state index contributed by atoms with van der Waals surface area (Å²) >= 11 is 0. The topological polar surface area (TPSA) is 25.8 Å². The Hall–Kier alpha value is -1.91. The Labute approximate surface area is 122 Å². The third-order valence-electron chi connectivity index (χ3n) is 3.27. The van der Waals surface area contributed by atoms with Crippen LogP contribution in [0.5, 0.6) is 0 Å². The smallest absolute Gasteiger partial charge is 0.194 e. The minimum Gasteiger partial charge on any atom is -0.236 e. The lowest BCUT2D eigenvalue weighted by atomic mass is 10.1. The van der Waals surface area contributed by atoms with E-state index in [2.05, 4.69) is 16.9 Å². The van der Waals surface area contributed by atoms with Gasteiger partial charge in [0.1, 0.15) is 0 Å². The SMILES string of the molecule is CCCCCCc1cnc(-c2cc(F)c(F)c(F)c2)nc1. The van der Waals surface area contributed by atoms with Crippen molar-refractivity contribution in [3.63, 3.8) is 0 Å². The van der Waals surface area contributed by atoms with Crippen molar-refractivity contribution in [3.05, 3.63) is 47.5 Å². The van der Waals surface area contributed by atoms with Gasteiger partial charge in [-0.05, 0) is 30.5 Å². The summed E-state index contributed by atoms with van der Waals surface area (Å²) in [4.78, 5) is 8.19. The van der Waals surface area contributed by atoms with Gasteiger partial charge in [0, 0.05) is 18.0 Å². The first-order valence-corrected chi connectivity index (χ1v) is 7.07. The molecule has 0 bridgehead atoms. The summed E-state index contributed by atoms with van der Waals surface area (Å²) in [7, 11) is 0. The van der Waals surface area contributed by atoms with Crippen molar-refractivity contribution >= 4 is 0 Å². The van der Waals surface area contributed by atoms with Crippen LogP contribution in [0, 0.1) is 17.5 Å². The molecule has 0 aliphatic heterocycles. The second-order valence-electron chi connectivity index (χ2n) is 4.98. The molecule has 0 radical (unpaired) electrons. The molecule has 0 fully saturated rings. The van der Waals surface area contributed by atoms with Crippen LogP contribution in [0.1, 0.15) is 38.2 Å². The van der Waals surface area contributed by atoms with E-state index in [1.807, 2.05) is 0 Å². The zero-order chi connectivity index (χ0) is 15.2. The van der Waals surface area contributed by atoms with Crippen LogP contribution in [0.3, 0.4) is 0 Å². The maximum Gasteiger partial charge on any atom is 0.194 e. The van der Waals surface area contributed by atoms with Gasteiger partial charge in [0.05, 0.1) is 0 Å². The van der Waals surface area contributed by atoms with E-state index in [1.165, 1.54) is 12.8 Å². The van der Waals surface area contributed by atoms with E-state index in [4.69, 9.17) is 0 Å². The number of halogens is 3. The van der Waals surface area contributed by atoms with E-state index < -0.39 is 17.5 Å². The summed E-state index contributed by atoms with van der Waals surface area (Å²) < 4.78 is 39.2. The number of benzene rings is 1. The van der Waals surface area contributed by atoms with Gasteiger partial charge in [-0.25, -0.2) is 23.1 Å². The standard InChI is InChI=1S/C16H17F3N2/c1-2-3-4-5-6-11-9-20-16(21-10-11)12-7-13(17)15(19)14(18)8-12/h7-10H,2-6H2,1H3. The van der Waals surface area contributed by atoms with Crippen molar-refractivity contribution in [3.8, 4) is 11.4 Å².